The fourth-order valence-electron chi connectivity index (χ4n) is 2.52. The first-order valence-electron chi connectivity index (χ1n) is 8.27. The van der Waals surface area contributed by atoms with Crippen molar-refractivity contribution in [2.45, 2.75) is 26.9 Å². The molecule has 0 saturated heterocycles. The highest BCUT2D eigenvalue weighted by molar-refractivity contribution is 7.14. The molecular weight excluding hydrogens is 374 g/mol. The molecule has 0 fully saturated rings. The molecule has 3 aromatic rings. The smallest absolute Gasteiger partial charge is 0.387 e. The van der Waals surface area contributed by atoms with Crippen molar-refractivity contribution in [3.63, 3.8) is 0 Å². The van der Waals surface area contributed by atoms with E-state index in [4.69, 9.17) is 0 Å². The molecule has 3 rings (SSSR count). The molecule has 0 atom stereocenters. The third-order valence-electron chi connectivity index (χ3n) is 3.60. The Morgan fingerprint density at radius 1 is 1.33 bits per heavy atom. The number of halogens is 2. The minimum atomic E-state index is -2.93. The van der Waals surface area contributed by atoms with Gasteiger partial charge in [-0.1, -0.05) is 26.0 Å². The third-order valence-corrected chi connectivity index (χ3v) is 4.35. The number of hydrogen-bond acceptors (Lipinski definition) is 5. The Balaban J connectivity index is 1.73. The van der Waals surface area contributed by atoms with Gasteiger partial charge in [0.2, 0.25) is 0 Å². The summed E-state index contributed by atoms with van der Waals surface area (Å²) < 4.78 is 29.6. The number of para-hydroxylation sites is 1. The van der Waals surface area contributed by atoms with E-state index in [0.29, 0.717) is 22.3 Å². The van der Waals surface area contributed by atoms with Crippen LogP contribution in [0.5, 0.6) is 5.75 Å². The second kappa shape index (κ2) is 8.26. The summed E-state index contributed by atoms with van der Waals surface area (Å²) in [5.41, 5.74) is 2.01. The molecule has 6 nitrogen and oxygen atoms in total. The Morgan fingerprint density at radius 3 is 2.85 bits per heavy atom. The number of rotatable bonds is 7. The number of alkyl halides is 2. The average Bonchev–Trinajstić information content (AvgIpc) is 3.24. The number of ether oxygens (including phenoxy) is 1. The number of amides is 1. The standard InChI is InChI=1S/C18H18F2N4O2S/c1-10(2)7-11-8-13(24-23-11)16(25)22-18-21-14(9-27-18)12-5-3-4-6-15(12)26-17(19)20/h3-6,8-10,17H,7H2,1-2H3,(H,23,24)(H,21,22,25). The van der Waals surface area contributed by atoms with Gasteiger partial charge in [-0.05, 0) is 30.5 Å². The van der Waals surface area contributed by atoms with E-state index in [0.717, 1.165) is 12.1 Å². The van der Waals surface area contributed by atoms with Crippen molar-refractivity contribution in [2.24, 2.45) is 5.92 Å². The molecule has 0 aliphatic carbocycles. The molecule has 0 saturated carbocycles. The number of nitrogens with zero attached hydrogens (tertiary/aromatic N) is 2. The van der Waals surface area contributed by atoms with Crippen molar-refractivity contribution in [2.75, 3.05) is 5.32 Å². The highest BCUT2D eigenvalue weighted by Crippen LogP contribution is 2.33. The SMILES string of the molecule is CC(C)Cc1cc(C(=O)Nc2nc(-c3ccccc3OC(F)F)cs2)n[nH]1. The van der Waals surface area contributed by atoms with E-state index < -0.39 is 6.61 Å². The van der Waals surface area contributed by atoms with Gasteiger partial charge in [-0.25, -0.2) is 4.98 Å². The van der Waals surface area contributed by atoms with Gasteiger partial charge >= 0.3 is 6.61 Å². The third kappa shape index (κ3) is 4.88. The topological polar surface area (TPSA) is 79.9 Å². The number of benzene rings is 1. The second-order valence-corrected chi connectivity index (χ2v) is 7.10. The molecule has 0 unspecified atom stereocenters. The molecule has 1 aromatic carbocycles. The molecule has 0 bridgehead atoms. The quantitative estimate of drug-likeness (QED) is 0.617. The summed E-state index contributed by atoms with van der Waals surface area (Å²) in [5.74, 6) is 0.0824. The van der Waals surface area contributed by atoms with Gasteiger partial charge in [0.1, 0.15) is 5.75 Å². The lowest BCUT2D eigenvalue weighted by Crippen LogP contribution is -2.12. The number of nitrogens with one attached hydrogen (secondary N) is 2. The molecule has 2 heterocycles. The number of carbonyl (C=O) groups is 1. The molecule has 0 aliphatic rings. The van der Waals surface area contributed by atoms with Crippen LogP contribution in [0.4, 0.5) is 13.9 Å². The van der Waals surface area contributed by atoms with Crippen LogP contribution in [0.2, 0.25) is 0 Å². The Labute approximate surface area is 158 Å². The predicted molar refractivity (Wildman–Crippen MR) is 99.3 cm³/mol. The van der Waals surface area contributed by atoms with E-state index in [1.807, 2.05) is 0 Å². The highest BCUT2D eigenvalue weighted by Gasteiger charge is 2.16. The maximum absolute atomic E-state index is 12.6. The van der Waals surface area contributed by atoms with Crippen LogP contribution in [0, 0.1) is 5.92 Å². The number of aromatic nitrogens is 3. The Kier molecular flexibility index (Phi) is 5.80. The van der Waals surface area contributed by atoms with Crippen LogP contribution in [-0.4, -0.2) is 27.7 Å². The van der Waals surface area contributed by atoms with Crippen LogP contribution in [0.25, 0.3) is 11.3 Å². The summed E-state index contributed by atoms with van der Waals surface area (Å²) in [6.45, 7) is 1.23. The molecule has 1 amide bonds. The molecular formula is C18H18F2N4O2S. The lowest BCUT2D eigenvalue weighted by atomic mass is 10.1. The van der Waals surface area contributed by atoms with Crippen LogP contribution >= 0.6 is 11.3 Å². The normalized spacial score (nSPS) is 11.2. The Morgan fingerprint density at radius 2 is 2.11 bits per heavy atom. The summed E-state index contributed by atoms with van der Waals surface area (Å²) in [5, 5.41) is 11.5. The van der Waals surface area contributed by atoms with E-state index in [2.05, 4.69) is 39.1 Å². The minimum absolute atomic E-state index is 0.0290. The first-order chi connectivity index (χ1) is 12.9. The number of hydrogen-bond donors (Lipinski definition) is 2. The fraction of sp³-hybridized carbons (Fsp3) is 0.278. The number of carbonyl (C=O) groups excluding carboxylic acids is 1. The zero-order valence-corrected chi connectivity index (χ0v) is 15.5. The van der Waals surface area contributed by atoms with E-state index in [1.54, 1.807) is 29.6 Å². The Hall–Kier alpha value is -2.81. The van der Waals surface area contributed by atoms with Crippen molar-refractivity contribution >= 4 is 22.4 Å². The van der Waals surface area contributed by atoms with Crippen LogP contribution in [0.1, 0.15) is 30.0 Å². The predicted octanol–water partition coefficient (Wildman–Crippen LogP) is 4.59. The van der Waals surface area contributed by atoms with Gasteiger partial charge in [-0.3, -0.25) is 15.2 Å². The van der Waals surface area contributed by atoms with Gasteiger partial charge in [0.15, 0.2) is 10.8 Å². The molecule has 27 heavy (non-hydrogen) atoms. The lowest BCUT2D eigenvalue weighted by molar-refractivity contribution is -0.0494. The van der Waals surface area contributed by atoms with Gasteiger partial charge in [0, 0.05) is 16.6 Å². The molecule has 0 spiro atoms. The lowest BCUT2D eigenvalue weighted by Gasteiger charge is -2.08. The summed E-state index contributed by atoms with van der Waals surface area (Å²) in [6, 6.07) is 8.08. The van der Waals surface area contributed by atoms with E-state index in [9.17, 15) is 13.6 Å². The zero-order chi connectivity index (χ0) is 19.4. The molecule has 2 aromatic heterocycles. The molecule has 0 aliphatic heterocycles. The van der Waals surface area contributed by atoms with Gasteiger partial charge in [-0.2, -0.15) is 13.9 Å². The van der Waals surface area contributed by atoms with Crippen LogP contribution in [-0.2, 0) is 6.42 Å². The average molecular weight is 392 g/mol. The van der Waals surface area contributed by atoms with Crippen molar-refractivity contribution in [3.05, 3.63) is 47.1 Å². The second-order valence-electron chi connectivity index (χ2n) is 6.24. The van der Waals surface area contributed by atoms with Crippen LogP contribution < -0.4 is 10.1 Å². The summed E-state index contributed by atoms with van der Waals surface area (Å²) in [4.78, 5) is 16.6. The Bertz CT molecular complexity index is 923. The number of H-pyrrole nitrogens is 1. The largest absolute Gasteiger partial charge is 0.434 e. The molecule has 142 valence electrons. The van der Waals surface area contributed by atoms with Crippen LogP contribution in [0.15, 0.2) is 35.7 Å². The number of thiazole rings is 1. The monoisotopic (exact) mass is 392 g/mol. The van der Waals surface area contributed by atoms with E-state index >= 15 is 0 Å². The summed E-state index contributed by atoms with van der Waals surface area (Å²) in [7, 11) is 0. The fourth-order valence-corrected chi connectivity index (χ4v) is 3.22. The van der Waals surface area contributed by atoms with Gasteiger partial charge in [0.05, 0.1) is 5.69 Å². The van der Waals surface area contributed by atoms with Crippen molar-refractivity contribution < 1.29 is 18.3 Å². The molecule has 2 N–H and O–H groups in total. The number of aromatic amines is 1. The minimum Gasteiger partial charge on any atom is -0.434 e. The highest BCUT2D eigenvalue weighted by atomic mass is 32.1. The maximum Gasteiger partial charge on any atom is 0.387 e. The number of anilines is 1. The molecule has 9 heteroatoms. The molecule has 0 radical (unpaired) electrons. The maximum atomic E-state index is 12.6. The van der Waals surface area contributed by atoms with Crippen LogP contribution in [0.3, 0.4) is 0 Å². The zero-order valence-electron chi connectivity index (χ0n) is 14.7. The van der Waals surface area contributed by atoms with Gasteiger partial charge in [0.25, 0.3) is 5.91 Å². The summed E-state index contributed by atoms with van der Waals surface area (Å²) >= 11 is 1.19. The van der Waals surface area contributed by atoms with Crippen molar-refractivity contribution in [3.8, 4) is 17.0 Å². The van der Waals surface area contributed by atoms with E-state index in [-0.39, 0.29) is 17.4 Å². The first-order valence-corrected chi connectivity index (χ1v) is 9.15. The van der Waals surface area contributed by atoms with Crippen molar-refractivity contribution in [1.82, 2.24) is 15.2 Å². The first kappa shape index (κ1) is 19.0. The van der Waals surface area contributed by atoms with Gasteiger partial charge < -0.3 is 4.74 Å². The van der Waals surface area contributed by atoms with Crippen molar-refractivity contribution in [1.29, 1.82) is 0 Å². The van der Waals surface area contributed by atoms with Gasteiger partial charge in [-0.15, -0.1) is 11.3 Å². The van der Waals surface area contributed by atoms with E-state index in [1.165, 1.54) is 17.4 Å². The summed E-state index contributed by atoms with van der Waals surface area (Å²) in [6.07, 6.45) is 0.794.